The lowest BCUT2D eigenvalue weighted by atomic mass is 10.1. The van der Waals surface area contributed by atoms with Crippen LogP contribution < -0.4 is 10.7 Å². The van der Waals surface area contributed by atoms with Crippen molar-refractivity contribution in [2.75, 3.05) is 0 Å². The van der Waals surface area contributed by atoms with Crippen molar-refractivity contribution in [2.24, 2.45) is 7.05 Å². The van der Waals surface area contributed by atoms with Crippen LogP contribution in [0.15, 0.2) is 57.9 Å². The molecule has 4 nitrogen and oxygen atoms in total. The third-order valence-corrected chi connectivity index (χ3v) is 4.64. The molecular formula is C19H16BrFN2O2. The lowest BCUT2D eigenvalue weighted by Gasteiger charge is -2.15. The number of fused-ring (bicyclic) bond motifs is 1. The molecule has 0 aliphatic rings. The molecule has 0 unspecified atom stereocenters. The van der Waals surface area contributed by atoms with E-state index in [1.54, 1.807) is 11.6 Å². The molecule has 0 saturated heterocycles. The fraction of sp³-hybridized carbons (Fsp3) is 0.158. The van der Waals surface area contributed by atoms with Gasteiger partial charge in [-0.2, -0.15) is 0 Å². The molecule has 25 heavy (non-hydrogen) atoms. The van der Waals surface area contributed by atoms with Gasteiger partial charge in [-0.15, -0.1) is 0 Å². The van der Waals surface area contributed by atoms with Crippen molar-refractivity contribution in [1.82, 2.24) is 9.88 Å². The van der Waals surface area contributed by atoms with E-state index in [9.17, 15) is 14.0 Å². The third kappa shape index (κ3) is 3.49. The molecule has 3 rings (SSSR count). The molecule has 6 heteroatoms. The molecule has 1 N–H and O–H groups in total. The maximum Gasteiger partial charge on any atom is 0.257 e. The Morgan fingerprint density at radius 3 is 2.56 bits per heavy atom. The van der Waals surface area contributed by atoms with Crippen LogP contribution >= 0.6 is 15.9 Å². The predicted molar refractivity (Wildman–Crippen MR) is 99.2 cm³/mol. The number of halogens is 2. The van der Waals surface area contributed by atoms with Gasteiger partial charge in [-0.1, -0.05) is 28.1 Å². The summed E-state index contributed by atoms with van der Waals surface area (Å²) in [6.07, 6.45) is 1.48. The SMILES string of the molecule is C[C@H](NC(=O)c1cn(C)c2ccc(F)cc2c1=O)c1ccc(Br)cc1. The summed E-state index contributed by atoms with van der Waals surface area (Å²) in [5, 5.41) is 3.00. The van der Waals surface area contributed by atoms with Crippen LogP contribution in [-0.2, 0) is 7.05 Å². The highest BCUT2D eigenvalue weighted by Crippen LogP contribution is 2.17. The van der Waals surface area contributed by atoms with Crippen molar-refractivity contribution in [3.8, 4) is 0 Å². The van der Waals surface area contributed by atoms with E-state index in [-0.39, 0.29) is 17.0 Å². The highest BCUT2D eigenvalue weighted by Gasteiger charge is 2.17. The van der Waals surface area contributed by atoms with Gasteiger partial charge in [-0.3, -0.25) is 9.59 Å². The number of pyridine rings is 1. The summed E-state index contributed by atoms with van der Waals surface area (Å²) in [6, 6.07) is 11.3. The minimum atomic E-state index is -0.509. The molecule has 1 aromatic heterocycles. The Labute approximate surface area is 152 Å². The first-order chi connectivity index (χ1) is 11.9. The first-order valence-corrected chi connectivity index (χ1v) is 8.51. The Hall–Kier alpha value is -2.47. The van der Waals surface area contributed by atoms with E-state index >= 15 is 0 Å². The quantitative estimate of drug-likeness (QED) is 0.721. The maximum absolute atomic E-state index is 13.5. The summed E-state index contributed by atoms with van der Waals surface area (Å²) in [5.41, 5.74) is 1.00. The van der Waals surface area contributed by atoms with Crippen molar-refractivity contribution >= 4 is 32.7 Å². The second-order valence-corrected chi connectivity index (χ2v) is 6.81. The smallest absolute Gasteiger partial charge is 0.257 e. The highest BCUT2D eigenvalue weighted by atomic mass is 79.9. The molecule has 0 saturated carbocycles. The van der Waals surface area contributed by atoms with Gasteiger partial charge in [0.05, 0.1) is 11.6 Å². The fourth-order valence-electron chi connectivity index (χ4n) is 2.74. The standard InChI is InChI=1S/C19H16BrFN2O2/c1-11(12-3-5-13(20)6-4-12)22-19(25)16-10-23(2)17-8-7-14(21)9-15(17)18(16)24/h3-11H,1-2H3,(H,22,25)/t11-/m0/s1. The number of aryl methyl sites for hydroxylation is 1. The van der Waals surface area contributed by atoms with Crippen LogP contribution in [0.5, 0.6) is 0 Å². The van der Waals surface area contributed by atoms with E-state index in [1.807, 2.05) is 31.2 Å². The number of hydrogen-bond donors (Lipinski definition) is 1. The van der Waals surface area contributed by atoms with Crippen molar-refractivity contribution in [3.05, 3.63) is 80.3 Å². The van der Waals surface area contributed by atoms with Crippen molar-refractivity contribution in [1.29, 1.82) is 0 Å². The average molecular weight is 403 g/mol. The fourth-order valence-corrected chi connectivity index (χ4v) is 3.00. The number of benzene rings is 2. The maximum atomic E-state index is 13.5. The van der Waals surface area contributed by atoms with E-state index in [0.717, 1.165) is 16.1 Å². The van der Waals surface area contributed by atoms with Crippen LogP contribution in [0.4, 0.5) is 4.39 Å². The number of hydrogen-bond acceptors (Lipinski definition) is 2. The topological polar surface area (TPSA) is 51.1 Å². The van der Waals surface area contributed by atoms with Crippen LogP contribution in [0.3, 0.4) is 0 Å². The highest BCUT2D eigenvalue weighted by molar-refractivity contribution is 9.10. The zero-order valence-corrected chi connectivity index (χ0v) is 15.3. The van der Waals surface area contributed by atoms with Crippen LogP contribution in [-0.4, -0.2) is 10.5 Å². The summed E-state index contributed by atoms with van der Waals surface area (Å²) in [5.74, 6) is -0.993. The Bertz CT molecular complexity index is 1010. The molecule has 0 spiro atoms. The average Bonchev–Trinajstić information content (AvgIpc) is 2.58. The minimum Gasteiger partial charge on any atom is -0.350 e. The first kappa shape index (κ1) is 17.4. The number of carbonyl (C=O) groups is 1. The van der Waals surface area contributed by atoms with Gasteiger partial charge >= 0.3 is 0 Å². The zero-order valence-electron chi connectivity index (χ0n) is 13.7. The van der Waals surface area contributed by atoms with Crippen LogP contribution in [0.2, 0.25) is 0 Å². The normalized spacial score (nSPS) is 12.2. The predicted octanol–water partition coefficient (Wildman–Crippen LogP) is 3.93. The second-order valence-electron chi connectivity index (χ2n) is 5.89. The molecular weight excluding hydrogens is 387 g/mol. The lowest BCUT2D eigenvalue weighted by Crippen LogP contribution is -2.31. The molecule has 2 aromatic carbocycles. The lowest BCUT2D eigenvalue weighted by molar-refractivity contribution is 0.0938. The van der Waals surface area contributed by atoms with Gasteiger partial charge in [0.2, 0.25) is 5.43 Å². The molecule has 0 fully saturated rings. The first-order valence-electron chi connectivity index (χ1n) is 7.72. The van der Waals surface area contributed by atoms with Gasteiger partial charge in [-0.05, 0) is 42.8 Å². The summed E-state index contributed by atoms with van der Waals surface area (Å²) < 4.78 is 16.1. The van der Waals surface area contributed by atoms with E-state index < -0.39 is 17.2 Å². The molecule has 1 amide bonds. The Kier molecular flexibility index (Phi) is 4.72. The van der Waals surface area contributed by atoms with Gasteiger partial charge in [-0.25, -0.2) is 4.39 Å². The number of amides is 1. The van der Waals surface area contributed by atoms with E-state index in [2.05, 4.69) is 21.2 Å². The summed E-state index contributed by atoms with van der Waals surface area (Å²) in [4.78, 5) is 25.2. The molecule has 0 radical (unpaired) electrons. The van der Waals surface area contributed by atoms with Crippen LogP contribution in [0.1, 0.15) is 28.9 Å². The largest absolute Gasteiger partial charge is 0.350 e. The van der Waals surface area contributed by atoms with Gasteiger partial charge in [0.25, 0.3) is 5.91 Å². The number of aromatic nitrogens is 1. The Morgan fingerprint density at radius 2 is 1.88 bits per heavy atom. The molecule has 128 valence electrons. The van der Waals surface area contributed by atoms with Gasteiger partial charge in [0.1, 0.15) is 11.4 Å². The number of nitrogens with zero attached hydrogens (tertiary/aromatic N) is 1. The monoisotopic (exact) mass is 402 g/mol. The van der Waals surface area contributed by atoms with Crippen LogP contribution in [0, 0.1) is 5.82 Å². The Balaban J connectivity index is 1.95. The van der Waals surface area contributed by atoms with Crippen molar-refractivity contribution < 1.29 is 9.18 Å². The van der Waals surface area contributed by atoms with Crippen LogP contribution in [0.25, 0.3) is 10.9 Å². The van der Waals surface area contributed by atoms with E-state index in [1.165, 1.54) is 18.3 Å². The summed E-state index contributed by atoms with van der Waals surface area (Å²) in [7, 11) is 1.72. The zero-order chi connectivity index (χ0) is 18.1. The van der Waals surface area contributed by atoms with Gasteiger partial charge in [0, 0.05) is 23.1 Å². The molecule has 0 aliphatic carbocycles. The second kappa shape index (κ2) is 6.80. The van der Waals surface area contributed by atoms with E-state index in [4.69, 9.17) is 0 Å². The number of carbonyl (C=O) groups excluding carboxylic acids is 1. The number of rotatable bonds is 3. The van der Waals surface area contributed by atoms with E-state index in [0.29, 0.717) is 5.52 Å². The molecule has 0 bridgehead atoms. The molecule has 1 heterocycles. The summed E-state index contributed by atoms with van der Waals surface area (Å²) >= 11 is 3.37. The molecule has 1 atom stereocenters. The minimum absolute atomic E-state index is 0.00967. The van der Waals surface area contributed by atoms with Crippen molar-refractivity contribution in [3.63, 3.8) is 0 Å². The molecule has 3 aromatic rings. The molecule has 0 aliphatic heterocycles. The van der Waals surface area contributed by atoms with Crippen molar-refractivity contribution in [2.45, 2.75) is 13.0 Å². The Morgan fingerprint density at radius 1 is 1.20 bits per heavy atom. The third-order valence-electron chi connectivity index (χ3n) is 4.11. The van der Waals surface area contributed by atoms with Gasteiger partial charge < -0.3 is 9.88 Å². The number of nitrogens with one attached hydrogen (secondary N) is 1. The van der Waals surface area contributed by atoms with Gasteiger partial charge in [0.15, 0.2) is 0 Å². The summed E-state index contributed by atoms with van der Waals surface area (Å²) in [6.45, 7) is 1.84.